The second-order valence-electron chi connectivity index (χ2n) is 8.49. The highest BCUT2D eigenvalue weighted by Crippen LogP contribution is 2.35. The number of aryl methyl sites for hydroxylation is 1. The molecule has 0 unspecified atom stereocenters. The Morgan fingerprint density at radius 2 is 1.84 bits per heavy atom. The lowest BCUT2D eigenvalue weighted by molar-refractivity contribution is -0.123. The Morgan fingerprint density at radius 3 is 2.48 bits per heavy atom. The maximum absolute atomic E-state index is 13.2. The van der Waals surface area contributed by atoms with Crippen LogP contribution in [0.15, 0.2) is 17.0 Å². The third-order valence-corrected chi connectivity index (χ3v) is 7.94. The Hall–Kier alpha value is -2.13. The van der Waals surface area contributed by atoms with Crippen molar-refractivity contribution in [3.63, 3.8) is 0 Å². The first kappa shape index (κ1) is 23.5. The first-order valence-corrected chi connectivity index (χ1v) is 12.5. The van der Waals surface area contributed by atoms with Gasteiger partial charge in [0.15, 0.2) is 6.10 Å². The van der Waals surface area contributed by atoms with Crippen LogP contribution in [0.25, 0.3) is 0 Å². The van der Waals surface area contributed by atoms with Crippen LogP contribution in [-0.2, 0) is 19.6 Å². The molecule has 1 aromatic rings. The molecular weight excluding hydrogens is 418 g/mol. The summed E-state index contributed by atoms with van der Waals surface area (Å²) in [5.41, 5.74) is 0.931. The van der Waals surface area contributed by atoms with Gasteiger partial charge in [-0.2, -0.15) is 4.31 Å². The number of benzene rings is 1. The summed E-state index contributed by atoms with van der Waals surface area (Å²) in [6.45, 7) is 3.24. The van der Waals surface area contributed by atoms with Crippen molar-refractivity contribution in [1.29, 1.82) is 0 Å². The van der Waals surface area contributed by atoms with Crippen molar-refractivity contribution in [2.24, 2.45) is 0 Å². The van der Waals surface area contributed by atoms with E-state index >= 15 is 0 Å². The zero-order valence-corrected chi connectivity index (χ0v) is 19.4. The molecular formula is C22H33N3O5S. The Bertz CT molecular complexity index is 923. The summed E-state index contributed by atoms with van der Waals surface area (Å²) in [7, 11) is -2.50. The number of carbonyl (C=O) groups excluding carboxylic acids is 2. The number of likely N-dealkylation sites (N-methyl/N-ethyl adjacent to an activating group) is 1. The van der Waals surface area contributed by atoms with Gasteiger partial charge in [-0.05, 0) is 37.8 Å². The average Bonchev–Trinajstić information content (AvgIpc) is 2.68. The Balaban J connectivity index is 1.71. The van der Waals surface area contributed by atoms with Crippen LogP contribution in [0.1, 0.15) is 63.9 Å². The summed E-state index contributed by atoms with van der Waals surface area (Å²) in [5.74, 6) is -0.210. The fraction of sp³-hybridized carbons (Fsp3) is 0.636. The van der Waals surface area contributed by atoms with E-state index in [4.69, 9.17) is 4.74 Å². The minimum Gasteiger partial charge on any atom is -0.478 e. The SMILES string of the molecule is CC[C@@H]1Oc2cc(S(=O)(=O)N(C)CC(=O)NC3CCCCCCC3)c(C)cc2NC1=O. The Labute approximate surface area is 184 Å². The molecule has 9 heteroatoms. The van der Waals surface area contributed by atoms with E-state index < -0.39 is 16.1 Å². The van der Waals surface area contributed by atoms with E-state index in [1.165, 1.54) is 32.4 Å². The van der Waals surface area contributed by atoms with Gasteiger partial charge in [-0.1, -0.05) is 39.0 Å². The molecule has 8 nitrogen and oxygen atoms in total. The fourth-order valence-corrected chi connectivity index (χ4v) is 5.50. The zero-order valence-electron chi connectivity index (χ0n) is 18.6. The van der Waals surface area contributed by atoms with Crippen LogP contribution in [0.3, 0.4) is 0 Å². The molecule has 1 fully saturated rings. The van der Waals surface area contributed by atoms with E-state index in [1.54, 1.807) is 13.0 Å². The molecule has 0 aromatic heterocycles. The van der Waals surface area contributed by atoms with E-state index in [0.29, 0.717) is 23.4 Å². The lowest BCUT2D eigenvalue weighted by Gasteiger charge is -2.27. The Morgan fingerprint density at radius 1 is 1.19 bits per heavy atom. The van der Waals surface area contributed by atoms with Gasteiger partial charge in [0.05, 0.1) is 17.1 Å². The van der Waals surface area contributed by atoms with Crippen molar-refractivity contribution >= 4 is 27.5 Å². The van der Waals surface area contributed by atoms with E-state index in [2.05, 4.69) is 10.6 Å². The first-order chi connectivity index (χ1) is 14.7. The zero-order chi connectivity index (χ0) is 22.6. The van der Waals surface area contributed by atoms with Crippen LogP contribution in [-0.4, -0.2) is 50.3 Å². The van der Waals surface area contributed by atoms with Crippen molar-refractivity contribution in [3.8, 4) is 5.75 Å². The molecule has 0 spiro atoms. The molecule has 1 aromatic carbocycles. The summed E-state index contributed by atoms with van der Waals surface area (Å²) in [6, 6.07) is 3.14. The number of nitrogens with zero attached hydrogens (tertiary/aromatic N) is 1. The van der Waals surface area contributed by atoms with Crippen LogP contribution < -0.4 is 15.4 Å². The van der Waals surface area contributed by atoms with Crippen LogP contribution >= 0.6 is 0 Å². The van der Waals surface area contributed by atoms with E-state index in [9.17, 15) is 18.0 Å². The molecule has 1 atom stereocenters. The second-order valence-corrected chi connectivity index (χ2v) is 10.5. The van der Waals surface area contributed by atoms with Crippen LogP contribution in [0, 0.1) is 6.92 Å². The number of anilines is 1. The molecule has 2 N–H and O–H groups in total. The summed E-state index contributed by atoms with van der Waals surface area (Å²) in [6.07, 6.45) is 7.47. The van der Waals surface area contributed by atoms with Crippen LogP contribution in [0.2, 0.25) is 0 Å². The summed E-state index contributed by atoms with van der Waals surface area (Å²) < 4.78 is 33.1. The molecule has 1 aliphatic heterocycles. The Kier molecular flexibility index (Phi) is 7.59. The minimum absolute atomic E-state index is 0.0681. The van der Waals surface area contributed by atoms with Crippen LogP contribution in [0.4, 0.5) is 5.69 Å². The third kappa shape index (κ3) is 5.57. The van der Waals surface area contributed by atoms with Crippen molar-refractivity contribution < 1.29 is 22.7 Å². The van der Waals surface area contributed by atoms with Gasteiger partial charge in [0.2, 0.25) is 15.9 Å². The highest BCUT2D eigenvalue weighted by Gasteiger charge is 2.31. The number of hydrogen-bond donors (Lipinski definition) is 2. The number of ether oxygens (including phenoxy) is 1. The van der Waals surface area contributed by atoms with Gasteiger partial charge >= 0.3 is 0 Å². The third-order valence-electron chi connectivity index (χ3n) is 5.99. The maximum atomic E-state index is 13.2. The van der Waals surface area contributed by atoms with Crippen molar-refractivity contribution in [1.82, 2.24) is 9.62 Å². The van der Waals surface area contributed by atoms with Gasteiger partial charge in [-0.3, -0.25) is 9.59 Å². The molecule has 0 bridgehead atoms. The highest BCUT2D eigenvalue weighted by molar-refractivity contribution is 7.89. The lowest BCUT2D eigenvalue weighted by Crippen LogP contribution is -2.43. The summed E-state index contributed by atoms with van der Waals surface area (Å²) in [5, 5.41) is 5.77. The second kappa shape index (κ2) is 9.99. The quantitative estimate of drug-likeness (QED) is 0.692. The van der Waals surface area contributed by atoms with Gasteiger partial charge in [-0.15, -0.1) is 0 Å². The summed E-state index contributed by atoms with van der Waals surface area (Å²) in [4.78, 5) is 24.6. The monoisotopic (exact) mass is 451 g/mol. The molecule has 1 saturated carbocycles. The van der Waals surface area contributed by atoms with Gasteiger partial charge in [-0.25, -0.2) is 8.42 Å². The van der Waals surface area contributed by atoms with Gasteiger partial charge in [0.25, 0.3) is 5.91 Å². The number of fused-ring (bicyclic) bond motifs is 1. The smallest absolute Gasteiger partial charge is 0.265 e. The predicted molar refractivity (Wildman–Crippen MR) is 119 cm³/mol. The molecule has 1 aliphatic carbocycles. The molecule has 0 saturated heterocycles. The van der Waals surface area contributed by atoms with Gasteiger partial charge in [0.1, 0.15) is 5.75 Å². The van der Waals surface area contributed by atoms with Gasteiger partial charge in [0, 0.05) is 19.2 Å². The number of amides is 2. The molecule has 1 heterocycles. The highest BCUT2D eigenvalue weighted by atomic mass is 32.2. The van der Waals surface area contributed by atoms with E-state index in [-0.39, 0.29) is 29.3 Å². The minimum atomic E-state index is -3.91. The number of rotatable bonds is 6. The van der Waals surface area contributed by atoms with E-state index in [0.717, 1.165) is 30.0 Å². The van der Waals surface area contributed by atoms with Crippen molar-refractivity contribution in [2.75, 3.05) is 18.9 Å². The largest absolute Gasteiger partial charge is 0.478 e. The molecule has 2 amide bonds. The molecule has 172 valence electrons. The van der Waals surface area contributed by atoms with Crippen molar-refractivity contribution in [3.05, 3.63) is 17.7 Å². The first-order valence-electron chi connectivity index (χ1n) is 11.1. The van der Waals surface area contributed by atoms with Crippen LogP contribution in [0.5, 0.6) is 5.75 Å². The normalized spacial score (nSPS) is 20.3. The predicted octanol–water partition coefficient (Wildman–Crippen LogP) is 2.95. The fourth-order valence-electron chi connectivity index (χ4n) is 4.16. The number of hydrogen-bond acceptors (Lipinski definition) is 5. The molecule has 0 radical (unpaired) electrons. The van der Waals surface area contributed by atoms with E-state index in [1.807, 2.05) is 6.92 Å². The number of carbonyl (C=O) groups is 2. The topological polar surface area (TPSA) is 105 Å². The lowest BCUT2D eigenvalue weighted by atomic mass is 9.97. The number of sulfonamides is 1. The molecule has 2 aliphatic rings. The molecule has 31 heavy (non-hydrogen) atoms. The molecule has 3 rings (SSSR count). The standard InChI is InChI=1S/C22H33N3O5S/c1-4-18-22(27)24-17-12-15(2)20(13-19(17)30-18)31(28,29)25(3)14-21(26)23-16-10-8-6-5-7-9-11-16/h12-13,16,18H,4-11,14H2,1-3H3,(H,23,26)(H,24,27)/t18-/m0/s1. The number of nitrogens with one attached hydrogen (secondary N) is 2. The van der Waals surface area contributed by atoms with Crippen molar-refractivity contribution in [2.45, 2.75) is 82.3 Å². The maximum Gasteiger partial charge on any atom is 0.265 e. The average molecular weight is 452 g/mol. The van der Waals surface area contributed by atoms with Gasteiger partial charge < -0.3 is 15.4 Å². The summed E-state index contributed by atoms with van der Waals surface area (Å²) >= 11 is 0.